The quantitative estimate of drug-likeness (QED) is 0.776. The molecule has 0 aromatic carbocycles. The lowest BCUT2D eigenvalue weighted by atomic mass is 10.1. The Balaban J connectivity index is 2.19. The third-order valence-corrected chi connectivity index (χ3v) is 5.61. The fourth-order valence-electron chi connectivity index (χ4n) is 2.47. The minimum atomic E-state index is -3.02. The molecule has 5 nitrogen and oxygen atoms in total. The van der Waals surface area contributed by atoms with Crippen molar-refractivity contribution in [2.75, 3.05) is 18.1 Å². The highest BCUT2D eigenvalue weighted by Crippen LogP contribution is 2.21. The van der Waals surface area contributed by atoms with Crippen LogP contribution >= 0.6 is 11.6 Å². The molecule has 0 spiro atoms. The van der Waals surface area contributed by atoms with Gasteiger partial charge in [0, 0.05) is 18.8 Å². The number of halogens is 1. The fourth-order valence-corrected chi connectivity index (χ4v) is 4.31. The second-order valence-electron chi connectivity index (χ2n) is 5.28. The zero-order valence-electron chi connectivity index (χ0n) is 12.0. The summed E-state index contributed by atoms with van der Waals surface area (Å²) >= 11 is 5.73. The Morgan fingerprint density at radius 3 is 2.76 bits per heavy atom. The molecule has 1 atom stereocenters. The Labute approximate surface area is 130 Å². The number of rotatable bonds is 5. The van der Waals surface area contributed by atoms with Crippen LogP contribution in [0.15, 0.2) is 18.3 Å². The molecule has 1 aliphatic heterocycles. The van der Waals surface area contributed by atoms with Gasteiger partial charge in [0.05, 0.1) is 17.1 Å². The number of amides is 1. The number of hydrogen-bond acceptors (Lipinski definition) is 4. The summed E-state index contributed by atoms with van der Waals surface area (Å²) < 4.78 is 23.3. The Morgan fingerprint density at radius 2 is 2.24 bits per heavy atom. The van der Waals surface area contributed by atoms with E-state index in [1.54, 1.807) is 17.0 Å². The molecule has 21 heavy (non-hydrogen) atoms. The first-order chi connectivity index (χ1) is 9.93. The van der Waals surface area contributed by atoms with E-state index in [4.69, 9.17) is 11.6 Å². The number of hydrogen-bond donors (Lipinski definition) is 0. The van der Waals surface area contributed by atoms with Gasteiger partial charge in [-0.1, -0.05) is 24.9 Å². The number of carbonyl (C=O) groups excluding carboxylic acids is 1. The molecular formula is C14H19ClN2O3S. The first kappa shape index (κ1) is 16.2. The molecule has 0 bridgehead atoms. The predicted octanol–water partition coefficient (Wildman–Crippen LogP) is 2.16. The second kappa shape index (κ2) is 6.75. The van der Waals surface area contributed by atoms with Gasteiger partial charge in [0.25, 0.3) is 5.91 Å². The molecule has 2 heterocycles. The number of carbonyl (C=O) groups is 1. The van der Waals surface area contributed by atoms with E-state index >= 15 is 0 Å². The van der Waals surface area contributed by atoms with Crippen molar-refractivity contribution in [2.24, 2.45) is 0 Å². The standard InChI is InChI=1S/C14H19ClN2O3S/c1-2-3-7-17(12-6-8-21(19,20)10-12)14(18)11-4-5-13(15)16-9-11/h4-5,9,12H,2-3,6-8,10H2,1H3. The number of sulfone groups is 1. The van der Waals surface area contributed by atoms with Gasteiger partial charge >= 0.3 is 0 Å². The van der Waals surface area contributed by atoms with Gasteiger partial charge in [0.1, 0.15) is 5.15 Å². The second-order valence-corrected chi connectivity index (χ2v) is 7.89. The summed E-state index contributed by atoms with van der Waals surface area (Å²) in [7, 11) is -3.02. The third kappa shape index (κ3) is 4.17. The minimum Gasteiger partial charge on any atom is -0.335 e. The molecule has 1 aromatic rings. The Bertz CT molecular complexity index is 601. The van der Waals surface area contributed by atoms with Gasteiger partial charge in [0.2, 0.25) is 0 Å². The molecule has 0 saturated carbocycles. The van der Waals surface area contributed by atoms with E-state index in [9.17, 15) is 13.2 Å². The van der Waals surface area contributed by atoms with Crippen LogP contribution in [0.4, 0.5) is 0 Å². The van der Waals surface area contributed by atoms with Crippen molar-refractivity contribution in [1.82, 2.24) is 9.88 Å². The summed E-state index contributed by atoms with van der Waals surface area (Å²) in [5, 5.41) is 0.329. The summed E-state index contributed by atoms with van der Waals surface area (Å²) in [6.45, 7) is 2.61. The Hall–Kier alpha value is -1.14. The van der Waals surface area contributed by atoms with Crippen molar-refractivity contribution in [1.29, 1.82) is 0 Å². The third-order valence-electron chi connectivity index (χ3n) is 3.64. The number of pyridine rings is 1. The number of unbranched alkanes of at least 4 members (excludes halogenated alkanes) is 1. The van der Waals surface area contributed by atoms with Gasteiger partial charge < -0.3 is 4.90 Å². The zero-order valence-corrected chi connectivity index (χ0v) is 13.5. The molecule has 0 radical (unpaired) electrons. The van der Waals surface area contributed by atoms with Crippen LogP contribution in [0, 0.1) is 0 Å². The number of aromatic nitrogens is 1. The average molecular weight is 331 g/mol. The van der Waals surface area contributed by atoms with E-state index in [1.807, 2.05) is 6.92 Å². The van der Waals surface area contributed by atoms with Crippen LogP contribution in [0.3, 0.4) is 0 Å². The van der Waals surface area contributed by atoms with Crippen molar-refractivity contribution in [3.63, 3.8) is 0 Å². The predicted molar refractivity (Wildman–Crippen MR) is 82.3 cm³/mol. The molecule has 1 unspecified atom stereocenters. The molecule has 1 aliphatic rings. The van der Waals surface area contributed by atoms with Gasteiger partial charge in [-0.15, -0.1) is 0 Å². The lowest BCUT2D eigenvalue weighted by Gasteiger charge is -2.28. The van der Waals surface area contributed by atoms with Gasteiger partial charge in [0.15, 0.2) is 9.84 Å². The molecule has 7 heteroatoms. The van der Waals surface area contributed by atoms with Crippen LogP contribution in [0.2, 0.25) is 5.15 Å². The maximum atomic E-state index is 12.6. The Kier molecular flexibility index (Phi) is 5.22. The zero-order chi connectivity index (χ0) is 15.5. The summed E-state index contributed by atoms with van der Waals surface area (Å²) in [5.41, 5.74) is 0.444. The van der Waals surface area contributed by atoms with E-state index in [2.05, 4.69) is 4.98 Å². The van der Waals surface area contributed by atoms with Gasteiger partial charge in [-0.3, -0.25) is 4.79 Å². The van der Waals surface area contributed by atoms with E-state index in [-0.39, 0.29) is 23.5 Å². The lowest BCUT2D eigenvalue weighted by Crippen LogP contribution is -2.41. The largest absolute Gasteiger partial charge is 0.335 e. The molecule has 1 fully saturated rings. The first-order valence-electron chi connectivity index (χ1n) is 7.06. The molecule has 1 amide bonds. The summed E-state index contributed by atoms with van der Waals surface area (Å²) in [5.74, 6) is 0.0466. The van der Waals surface area contributed by atoms with Crippen molar-refractivity contribution < 1.29 is 13.2 Å². The van der Waals surface area contributed by atoms with E-state index in [1.165, 1.54) is 6.20 Å². The topological polar surface area (TPSA) is 67.3 Å². The van der Waals surface area contributed by atoms with Crippen molar-refractivity contribution in [3.8, 4) is 0 Å². The molecule has 1 saturated heterocycles. The molecule has 2 rings (SSSR count). The molecule has 0 aliphatic carbocycles. The highest BCUT2D eigenvalue weighted by molar-refractivity contribution is 7.91. The number of nitrogens with zero attached hydrogens (tertiary/aromatic N) is 2. The van der Waals surface area contributed by atoms with E-state index in [0.29, 0.717) is 23.7 Å². The first-order valence-corrected chi connectivity index (χ1v) is 9.26. The van der Waals surface area contributed by atoms with Crippen LogP contribution in [-0.4, -0.2) is 48.3 Å². The molecule has 0 N–H and O–H groups in total. The SMILES string of the molecule is CCCCN(C(=O)c1ccc(Cl)nc1)C1CCS(=O)(=O)C1. The summed E-state index contributed by atoms with van der Waals surface area (Å²) in [6, 6.07) is 2.96. The van der Waals surface area contributed by atoms with Crippen molar-refractivity contribution in [3.05, 3.63) is 29.0 Å². The molecule has 1 aromatic heterocycles. The summed E-state index contributed by atoms with van der Waals surface area (Å²) in [4.78, 5) is 18.2. The highest BCUT2D eigenvalue weighted by atomic mass is 35.5. The fraction of sp³-hybridized carbons (Fsp3) is 0.571. The van der Waals surface area contributed by atoms with Crippen LogP contribution in [0.25, 0.3) is 0 Å². The minimum absolute atomic E-state index is 0.0590. The molecular weight excluding hydrogens is 312 g/mol. The van der Waals surface area contributed by atoms with Gasteiger partial charge in [-0.25, -0.2) is 13.4 Å². The maximum Gasteiger partial charge on any atom is 0.255 e. The smallest absolute Gasteiger partial charge is 0.255 e. The van der Waals surface area contributed by atoms with E-state index < -0.39 is 9.84 Å². The van der Waals surface area contributed by atoms with E-state index in [0.717, 1.165) is 12.8 Å². The van der Waals surface area contributed by atoms with Gasteiger partial charge in [-0.05, 0) is 25.0 Å². The lowest BCUT2D eigenvalue weighted by molar-refractivity contribution is 0.0694. The van der Waals surface area contributed by atoms with Crippen molar-refractivity contribution >= 4 is 27.3 Å². The monoisotopic (exact) mass is 330 g/mol. The van der Waals surface area contributed by atoms with Gasteiger partial charge in [-0.2, -0.15) is 0 Å². The van der Waals surface area contributed by atoms with Crippen LogP contribution in [0.1, 0.15) is 36.5 Å². The normalized spacial score (nSPS) is 20.4. The van der Waals surface area contributed by atoms with Crippen LogP contribution in [-0.2, 0) is 9.84 Å². The highest BCUT2D eigenvalue weighted by Gasteiger charge is 2.34. The maximum absolute atomic E-state index is 12.6. The molecule has 116 valence electrons. The van der Waals surface area contributed by atoms with Crippen LogP contribution < -0.4 is 0 Å². The summed E-state index contributed by atoms with van der Waals surface area (Å²) in [6.07, 6.45) is 3.75. The Morgan fingerprint density at radius 1 is 1.48 bits per heavy atom. The van der Waals surface area contributed by atoms with Crippen molar-refractivity contribution in [2.45, 2.75) is 32.2 Å². The average Bonchev–Trinajstić information content (AvgIpc) is 2.80. The van der Waals surface area contributed by atoms with Crippen LogP contribution in [0.5, 0.6) is 0 Å².